The smallest absolute Gasteiger partial charge is 0.354 e. The van der Waals surface area contributed by atoms with E-state index in [0.29, 0.717) is 0 Å². The molecule has 0 atom stereocenters. The highest BCUT2D eigenvalue weighted by atomic mass is 32.2. The Hall–Kier alpha value is -1.95. The van der Waals surface area contributed by atoms with Crippen LogP contribution in [0.2, 0.25) is 0 Å². The van der Waals surface area contributed by atoms with Crippen LogP contribution in [-0.2, 0) is 0 Å². The molecule has 5 nitrogen and oxygen atoms in total. The van der Waals surface area contributed by atoms with Crippen molar-refractivity contribution >= 4 is 17.7 Å². The summed E-state index contributed by atoms with van der Waals surface area (Å²) in [6, 6.07) is 3.15. The van der Waals surface area contributed by atoms with E-state index in [1.165, 1.54) is 24.0 Å². The number of pyridine rings is 1. The molecule has 0 aromatic carbocycles. The van der Waals surface area contributed by atoms with Gasteiger partial charge < -0.3 is 5.11 Å². The Kier molecular flexibility index (Phi) is 3.11. The van der Waals surface area contributed by atoms with Gasteiger partial charge in [-0.2, -0.15) is 0 Å². The summed E-state index contributed by atoms with van der Waals surface area (Å²) in [6.45, 7) is 0. The highest BCUT2D eigenvalue weighted by Gasteiger charge is 2.04. The Morgan fingerprint density at radius 2 is 2.06 bits per heavy atom. The Morgan fingerprint density at radius 3 is 2.62 bits per heavy atom. The molecule has 2 aromatic heterocycles. The van der Waals surface area contributed by atoms with Crippen molar-refractivity contribution in [1.29, 1.82) is 0 Å². The molecule has 1 N–H and O–H groups in total. The molecule has 0 aliphatic heterocycles. The molecule has 2 heterocycles. The summed E-state index contributed by atoms with van der Waals surface area (Å²) in [6.07, 6.45) is 6.33. The lowest BCUT2D eigenvalue weighted by Gasteiger charge is -1.99. The molecule has 0 saturated heterocycles. The zero-order valence-corrected chi connectivity index (χ0v) is 8.89. The van der Waals surface area contributed by atoms with Gasteiger partial charge in [0.25, 0.3) is 0 Å². The van der Waals surface area contributed by atoms with Crippen molar-refractivity contribution < 1.29 is 9.90 Å². The van der Waals surface area contributed by atoms with Gasteiger partial charge >= 0.3 is 5.97 Å². The van der Waals surface area contributed by atoms with Gasteiger partial charge in [0, 0.05) is 23.5 Å². The molecule has 0 aliphatic carbocycles. The van der Waals surface area contributed by atoms with Gasteiger partial charge in [0.15, 0.2) is 0 Å². The molecule has 2 aromatic rings. The van der Waals surface area contributed by atoms with Gasteiger partial charge in [0.1, 0.15) is 10.7 Å². The predicted molar refractivity (Wildman–Crippen MR) is 57.4 cm³/mol. The van der Waals surface area contributed by atoms with Gasteiger partial charge in [0.2, 0.25) is 0 Å². The third-order valence-electron chi connectivity index (χ3n) is 1.72. The highest BCUT2D eigenvalue weighted by Crippen LogP contribution is 2.23. The first-order valence-electron chi connectivity index (χ1n) is 4.39. The van der Waals surface area contributed by atoms with E-state index in [1.807, 2.05) is 0 Å². The molecule has 0 amide bonds. The van der Waals surface area contributed by atoms with Crippen LogP contribution in [-0.4, -0.2) is 26.0 Å². The fraction of sp³-hybridized carbons (Fsp3) is 0. The molecule has 6 heteroatoms. The average Bonchev–Trinajstić information content (AvgIpc) is 2.31. The zero-order chi connectivity index (χ0) is 11.4. The maximum Gasteiger partial charge on any atom is 0.354 e. The normalized spacial score (nSPS) is 10.0. The summed E-state index contributed by atoms with van der Waals surface area (Å²) in [4.78, 5) is 23.2. The molecular weight excluding hydrogens is 226 g/mol. The van der Waals surface area contributed by atoms with Crippen LogP contribution in [0.1, 0.15) is 10.5 Å². The van der Waals surface area contributed by atoms with Crippen LogP contribution in [0.4, 0.5) is 0 Å². The topological polar surface area (TPSA) is 76.0 Å². The minimum atomic E-state index is -1.03. The van der Waals surface area contributed by atoms with E-state index >= 15 is 0 Å². The van der Waals surface area contributed by atoms with Gasteiger partial charge in [-0.1, -0.05) is 11.8 Å². The maximum atomic E-state index is 10.6. The van der Waals surface area contributed by atoms with Crippen LogP contribution in [0.15, 0.2) is 46.8 Å². The lowest BCUT2D eigenvalue weighted by atomic mass is 10.4. The van der Waals surface area contributed by atoms with Crippen molar-refractivity contribution in [3.63, 3.8) is 0 Å². The molecule has 0 radical (unpaired) electrons. The summed E-state index contributed by atoms with van der Waals surface area (Å²) in [7, 11) is 0. The van der Waals surface area contributed by atoms with E-state index in [9.17, 15) is 4.79 Å². The first-order valence-corrected chi connectivity index (χ1v) is 5.20. The van der Waals surface area contributed by atoms with Crippen molar-refractivity contribution in [2.24, 2.45) is 0 Å². The summed E-state index contributed by atoms with van der Waals surface area (Å²) in [5.41, 5.74) is 0.0310. The standard InChI is InChI=1S/C10H7N3O2S/c14-10(15)8-2-1-7(5-13-8)16-9-6-11-3-4-12-9/h1-6H,(H,14,15). The molecule has 0 saturated carbocycles. The fourth-order valence-electron chi connectivity index (χ4n) is 1.03. The van der Waals surface area contributed by atoms with Crippen molar-refractivity contribution in [3.05, 3.63) is 42.6 Å². The molecule has 16 heavy (non-hydrogen) atoms. The Bertz CT molecular complexity index is 487. The molecule has 0 bridgehead atoms. The number of aromatic nitrogens is 3. The van der Waals surface area contributed by atoms with Gasteiger partial charge in [-0.05, 0) is 12.1 Å². The van der Waals surface area contributed by atoms with Crippen LogP contribution in [0, 0.1) is 0 Å². The number of carboxylic acid groups (broad SMARTS) is 1. The summed E-state index contributed by atoms with van der Waals surface area (Å²) in [5.74, 6) is -1.03. The summed E-state index contributed by atoms with van der Waals surface area (Å²) < 4.78 is 0. The first kappa shape index (κ1) is 10.6. The molecular formula is C10H7N3O2S. The highest BCUT2D eigenvalue weighted by molar-refractivity contribution is 7.99. The minimum absolute atomic E-state index is 0.0310. The van der Waals surface area contributed by atoms with Crippen LogP contribution >= 0.6 is 11.8 Å². The average molecular weight is 233 g/mol. The Balaban J connectivity index is 2.14. The third kappa shape index (κ3) is 2.54. The van der Waals surface area contributed by atoms with Gasteiger partial charge in [0.05, 0.1) is 6.20 Å². The van der Waals surface area contributed by atoms with E-state index in [1.54, 1.807) is 24.7 Å². The number of carboxylic acids is 1. The van der Waals surface area contributed by atoms with Crippen LogP contribution in [0.25, 0.3) is 0 Å². The van der Waals surface area contributed by atoms with Crippen molar-refractivity contribution in [2.75, 3.05) is 0 Å². The first-order chi connectivity index (χ1) is 7.75. The summed E-state index contributed by atoms with van der Waals surface area (Å²) in [5, 5.41) is 9.42. The van der Waals surface area contributed by atoms with Crippen LogP contribution in [0.3, 0.4) is 0 Å². The van der Waals surface area contributed by atoms with Gasteiger partial charge in [-0.25, -0.2) is 14.8 Å². The molecule has 0 fully saturated rings. The van der Waals surface area contributed by atoms with Crippen molar-refractivity contribution in [1.82, 2.24) is 15.0 Å². The monoisotopic (exact) mass is 233 g/mol. The molecule has 0 aliphatic rings. The summed E-state index contributed by atoms with van der Waals surface area (Å²) >= 11 is 1.38. The molecule has 0 spiro atoms. The molecule has 80 valence electrons. The largest absolute Gasteiger partial charge is 0.477 e. The predicted octanol–water partition coefficient (Wildman–Crippen LogP) is 1.72. The lowest BCUT2D eigenvalue weighted by molar-refractivity contribution is 0.0690. The van der Waals surface area contributed by atoms with Crippen LogP contribution < -0.4 is 0 Å². The number of rotatable bonds is 3. The minimum Gasteiger partial charge on any atom is -0.477 e. The van der Waals surface area contributed by atoms with Gasteiger partial charge in [-0.3, -0.25) is 4.98 Å². The number of carbonyl (C=O) groups is 1. The maximum absolute atomic E-state index is 10.6. The van der Waals surface area contributed by atoms with E-state index in [-0.39, 0.29) is 5.69 Å². The number of hydrogen-bond acceptors (Lipinski definition) is 5. The van der Waals surface area contributed by atoms with E-state index in [2.05, 4.69) is 15.0 Å². The quantitative estimate of drug-likeness (QED) is 0.869. The van der Waals surface area contributed by atoms with E-state index in [4.69, 9.17) is 5.11 Å². The van der Waals surface area contributed by atoms with Crippen LogP contribution in [0.5, 0.6) is 0 Å². The number of hydrogen-bond donors (Lipinski definition) is 1. The Morgan fingerprint density at radius 1 is 1.19 bits per heavy atom. The number of nitrogens with zero attached hydrogens (tertiary/aromatic N) is 3. The SMILES string of the molecule is O=C(O)c1ccc(Sc2cnccn2)cn1. The second kappa shape index (κ2) is 4.71. The van der Waals surface area contributed by atoms with Crippen molar-refractivity contribution in [2.45, 2.75) is 9.92 Å². The zero-order valence-electron chi connectivity index (χ0n) is 8.07. The van der Waals surface area contributed by atoms with Gasteiger partial charge in [-0.15, -0.1) is 0 Å². The fourth-order valence-corrected chi connectivity index (χ4v) is 1.74. The second-order valence-electron chi connectivity index (χ2n) is 2.83. The van der Waals surface area contributed by atoms with E-state index in [0.717, 1.165) is 9.92 Å². The number of aromatic carboxylic acids is 1. The van der Waals surface area contributed by atoms with E-state index < -0.39 is 5.97 Å². The molecule has 0 unspecified atom stereocenters. The molecule has 2 rings (SSSR count). The van der Waals surface area contributed by atoms with Crippen molar-refractivity contribution in [3.8, 4) is 0 Å². The second-order valence-corrected chi connectivity index (χ2v) is 3.92. The lowest BCUT2D eigenvalue weighted by Crippen LogP contribution is -1.98. The Labute approximate surface area is 95.6 Å². The third-order valence-corrected chi connectivity index (χ3v) is 2.61.